The van der Waals surface area contributed by atoms with Crippen LogP contribution in [0.25, 0.3) is 10.8 Å². The Morgan fingerprint density at radius 2 is 1.52 bits per heavy atom. The van der Waals surface area contributed by atoms with Crippen LogP contribution in [0.3, 0.4) is 0 Å². The van der Waals surface area contributed by atoms with Crippen molar-refractivity contribution in [2.24, 2.45) is 0 Å². The number of carbonyl (C=O) groups is 1. The van der Waals surface area contributed by atoms with Gasteiger partial charge in [-0.3, -0.25) is 0 Å². The minimum absolute atomic E-state index is 0.362. The molecule has 0 unspecified atom stereocenters. The zero-order chi connectivity index (χ0) is 16.2. The Hall–Kier alpha value is -2.83. The number of hydrogen-bond acceptors (Lipinski definition) is 3. The van der Waals surface area contributed by atoms with Crippen molar-refractivity contribution in [1.29, 1.82) is 0 Å². The van der Waals surface area contributed by atoms with Crippen LogP contribution in [-0.2, 0) is 0 Å². The molecule has 3 rings (SSSR count). The second-order valence-electron chi connectivity index (χ2n) is 5.10. The van der Waals surface area contributed by atoms with E-state index in [4.69, 9.17) is 10.0 Å². The van der Waals surface area contributed by atoms with Gasteiger partial charge in [-0.05, 0) is 29.0 Å². The van der Waals surface area contributed by atoms with Crippen LogP contribution in [0.4, 0.5) is 16.2 Å². The van der Waals surface area contributed by atoms with Crippen molar-refractivity contribution in [3.8, 4) is 0 Å². The van der Waals surface area contributed by atoms with E-state index in [1.165, 1.54) is 12.1 Å². The molecule has 23 heavy (non-hydrogen) atoms. The number of hydrogen-bond donors (Lipinski definition) is 4. The largest absolute Gasteiger partial charge is 0.488 e. The molecule has 0 aromatic heterocycles. The van der Waals surface area contributed by atoms with Crippen LogP contribution in [0, 0.1) is 0 Å². The fraction of sp³-hybridized carbons (Fsp3) is 0. The lowest BCUT2D eigenvalue weighted by Gasteiger charge is -2.10. The highest BCUT2D eigenvalue weighted by Crippen LogP contribution is 2.23. The van der Waals surface area contributed by atoms with Gasteiger partial charge in [-0.1, -0.05) is 48.5 Å². The van der Waals surface area contributed by atoms with Crippen molar-refractivity contribution in [2.45, 2.75) is 0 Å². The molecule has 114 valence electrons. The molecule has 0 atom stereocenters. The van der Waals surface area contributed by atoms with E-state index in [0.29, 0.717) is 11.2 Å². The van der Waals surface area contributed by atoms with Gasteiger partial charge in [-0.15, -0.1) is 0 Å². The second-order valence-corrected chi connectivity index (χ2v) is 5.10. The maximum atomic E-state index is 12.1. The molecule has 0 aliphatic rings. The summed E-state index contributed by atoms with van der Waals surface area (Å²) in [6.07, 6.45) is 0. The summed E-state index contributed by atoms with van der Waals surface area (Å²) in [5.74, 6) is 0. The normalized spacial score (nSPS) is 10.3. The van der Waals surface area contributed by atoms with Crippen molar-refractivity contribution >= 4 is 40.8 Å². The number of fused-ring (bicyclic) bond motifs is 1. The first-order valence-corrected chi connectivity index (χ1v) is 7.15. The lowest BCUT2D eigenvalue weighted by Crippen LogP contribution is -2.29. The monoisotopic (exact) mass is 306 g/mol. The standard InChI is InChI=1S/C17H15BN2O3/c21-17(19-14-10-8-13(9-11-14)18(22)23)20-16-7-3-5-12-4-1-2-6-15(12)16/h1-11,22-23H,(H2,19,20,21). The van der Waals surface area contributed by atoms with Crippen LogP contribution in [0.15, 0.2) is 66.7 Å². The van der Waals surface area contributed by atoms with Gasteiger partial charge in [0.1, 0.15) is 0 Å². The number of urea groups is 1. The van der Waals surface area contributed by atoms with Gasteiger partial charge in [0.25, 0.3) is 0 Å². The van der Waals surface area contributed by atoms with Gasteiger partial charge >= 0.3 is 13.1 Å². The smallest absolute Gasteiger partial charge is 0.423 e. The number of benzene rings is 3. The van der Waals surface area contributed by atoms with Crippen molar-refractivity contribution < 1.29 is 14.8 Å². The lowest BCUT2D eigenvalue weighted by molar-refractivity contribution is 0.262. The van der Waals surface area contributed by atoms with Gasteiger partial charge < -0.3 is 20.7 Å². The molecule has 0 aliphatic carbocycles. The van der Waals surface area contributed by atoms with Gasteiger partial charge in [0, 0.05) is 11.1 Å². The highest BCUT2D eigenvalue weighted by Gasteiger charge is 2.10. The summed E-state index contributed by atoms with van der Waals surface area (Å²) in [6, 6.07) is 19.4. The lowest BCUT2D eigenvalue weighted by atomic mass is 9.80. The summed E-state index contributed by atoms with van der Waals surface area (Å²) in [5.41, 5.74) is 1.65. The number of nitrogens with one attached hydrogen (secondary N) is 2. The fourth-order valence-electron chi connectivity index (χ4n) is 2.36. The quantitative estimate of drug-likeness (QED) is 0.560. The van der Waals surface area contributed by atoms with E-state index in [0.717, 1.165) is 16.5 Å². The average molecular weight is 306 g/mol. The van der Waals surface area contributed by atoms with E-state index in [-0.39, 0.29) is 6.03 Å². The predicted octanol–water partition coefficient (Wildman–Crippen LogP) is 2.16. The highest BCUT2D eigenvalue weighted by atomic mass is 16.4. The summed E-state index contributed by atoms with van der Waals surface area (Å²) >= 11 is 0. The zero-order valence-corrected chi connectivity index (χ0v) is 12.2. The average Bonchev–Trinajstić information content (AvgIpc) is 2.55. The molecule has 0 spiro atoms. The van der Waals surface area contributed by atoms with E-state index in [1.807, 2.05) is 42.5 Å². The van der Waals surface area contributed by atoms with Gasteiger partial charge in [0.15, 0.2) is 0 Å². The molecule has 0 fully saturated rings. The van der Waals surface area contributed by atoms with Crippen molar-refractivity contribution in [1.82, 2.24) is 0 Å². The van der Waals surface area contributed by atoms with E-state index >= 15 is 0 Å². The molecule has 3 aromatic carbocycles. The predicted molar refractivity (Wildman–Crippen MR) is 92.9 cm³/mol. The molecule has 0 bridgehead atoms. The minimum Gasteiger partial charge on any atom is -0.423 e. The van der Waals surface area contributed by atoms with Crippen molar-refractivity contribution in [3.05, 3.63) is 66.7 Å². The molecule has 4 N–H and O–H groups in total. The van der Waals surface area contributed by atoms with Gasteiger partial charge in [0.05, 0.1) is 5.69 Å². The molecule has 0 aliphatic heterocycles. The number of anilines is 2. The molecular weight excluding hydrogens is 291 g/mol. The van der Waals surface area contributed by atoms with Crippen LogP contribution in [0.5, 0.6) is 0 Å². The maximum absolute atomic E-state index is 12.1. The van der Waals surface area contributed by atoms with Gasteiger partial charge in [-0.2, -0.15) is 0 Å². The maximum Gasteiger partial charge on any atom is 0.488 e. The van der Waals surface area contributed by atoms with Crippen LogP contribution in [0.2, 0.25) is 0 Å². The molecule has 0 radical (unpaired) electrons. The second kappa shape index (κ2) is 6.52. The summed E-state index contributed by atoms with van der Waals surface area (Å²) in [7, 11) is -1.52. The summed E-state index contributed by atoms with van der Waals surface area (Å²) in [4.78, 5) is 12.1. The summed E-state index contributed by atoms with van der Waals surface area (Å²) in [6.45, 7) is 0. The molecule has 2 amide bonds. The Morgan fingerprint density at radius 3 is 2.26 bits per heavy atom. The molecular formula is C17H15BN2O3. The molecule has 3 aromatic rings. The SMILES string of the molecule is O=C(Nc1ccc(B(O)O)cc1)Nc1cccc2ccccc12. The zero-order valence-electron chi connectivity index (χ0n) is 12.2. The van der Waals surface area contributed by atoms with E-state index in [1.54, 1.807) is 12.1 Å². The molecule has 5 nitrogen and oxygen atoms in total. The Labute approximate surface area is 133 Å². The third kappa shape index (κ3) is 3.50. The van der Waals surface area contributed by atoms with Crippen LogP contribution < -0.4 is 16.1 Å². The fourth-order valence-corrected chi connectivity index (χ4v) is 2.36. The van der Waals surface area contributed by atoms with E-state index < -0.39 is 7.12 Å². The Morgan fingerprint density at radius 1 is 0.826 bits per heavy atom. The molecule has 6 heteroatoms. The topological polar surface area (TPSA) is 81.6 Å². The molecule has 0 saturated carbocycles. The molecule has 0 heterocycles. The Kier molecular flexibility index (Phi) is 4.27. The minimum atomic E-state index is -1.52. The van der Waals surface area contributed by atoms with E-state index in [9.17, 15) is 4.79 Å². The van der Waals surface area contributed by atoms with Crippen molar-refractivity contribution in [2.75, 3.05) is 10.6 Å². The van der Waals surface area contributed by atoms with Gasteiger partial charge in [-0.25, -0.2) is 4.79 Å². The van der Waals surface area contributed by atoms with Crippen molar-refractivity contribution in [3.63, 3.8) is 0 Å². The number of rotatable bonds is 3. The summed E-state index contributed by atoms with van der Waals surface area (Å²) < 4.78 is 0. The molecule has 0 saturated heterocycles. The first kappa shape index (κ1) is 15.1. The van der Waals surface area contributed by atoms with Crippen LogP contribution >= 0.6 is 0 Å². The highest BCUT2D eigenvalue weighted by molar-refractivity contribution is 6.58. The first-order chi connectivity index (χ1) is 11.1. The Bertz CT molecular complexity index is 829. The Balaban J connectivity index is 1.73. The number of carbonyl (C=O) groups excluding carboxylic acids is 1. The third-order valence-electron chi connectivity index (χ3n) is 3.50. The van der Waals surface area contributed by atoms with Crippen LogP contribution in [0.1, 0.15) is 0 Å². The third-order valence-corrected chi connectivity index (χ3v) is 3.50. The van der Waals surface area contributed by atoms with Crippen LogP contribution in [-0.4, -0.2) is 23.2 Å². The van der Waals surface area contributed by atoms with E-state index in [2.05, 4.69) is 10.6 Å². The summed E-state index contributed by atoms with van der Waals surface area (Å²) in [5, 5.41) is 25.6. The number of amides is 2. The van der Waals surface area contributed by atoms with Gasteiger partial charge in [0.2, 0.25) is 0 Å². The first-order valence-electron chi connectivity index (χ1n) is 7.15.